The summed E-state index contributed by atoms with van der Waals surface area (Å²) < 4.78 is 38.3. The van der Waals surface area contributed by atoms with Crippen molar-refractivity contribution in [1.82, 2.24) is 5.32 Å². The summed E-state index contributed by atoms with van der Waals surface area (Å²) in [6.45, 7) is -0.176. The molecule has 0 spiro atoms. The fourth-order valence-corrected chi connectivity index (χ4v) is 0.407. The fourth-order valence-electron chi connectivity index (χ4n) is 0.407. The van der Waals surface area contributed by atoms with Crippen LogP contribution in [0.3, 0.4) is 0 Å². The molecular weight excluding hydrogens is 187 g/mol. The maximum Gasteiger partial charge on any atom is 0.422 e. The van der Waals surface area contributed by atoms with Crippen LogP contribution in [0.5, 0.6) is 0 Å². The first-order valence-electron chi connectivity index (χ1n) is 3.31. The van der Waals surface area contributed by atoms with Gasteiger partial charge < -0.3 is 10.1 Å². The van der Waals surface area contributed by atoms with Gasteiger partial charge in [-0.1, -0.05) is 5.92 Å². The molecule has 0 radical (unpaired) electrons. The molecule has 0 fully saturated rings. The third-order valence-electron chi connectivity index (χ3n) is 0.951. The van der Waals surface area contributed by atoms with Gasteiger partial charge in [0, 0.05) is 0 Å². The van der Waals surface area contributed by atoms with Gasteiger partial charge in [-0.15, -0.1) is 6.42 Å². The highest BCUT2D eigenvalue weighted by Crippen LogP contribution is 2.14. The van der Waals surface area contributed by atoms with E-state index in [1.807, 2.05) is 5.32 Å². The second kappa shape index (κ2) is 4.60. The number of hydrogen-bond donors (Lipinski definition) is 1. The number of rotatable bonds is 2. The first-order chi connectivity index (χ1) is 5.85. The number of carbonyl (C=O) groups excluding carboxylic acids is 1. The van der Waals surface area contributed by atoms with E-state index in [9.17, 15) is 18.0 Å². The minimum atomic E-state index is -4.52. The molecule has 0 aromatic heterocycles. The number of hydrogen-bond acceptors (Lipinski definition) is 2. The summed E-state index contributed by atoms with van der Waals surface area (Å²) in [4.78, 5) is 10.5. The highest BCUT2D eigenvalue weighted by atomic mass is 19.4. The fraction of sp³-hybridized carbons (Fsp3) is 0.571. The zero-order valence-electron chi connectivity index (χ0n) is 6.81. The lowest BCUT2D eigenvalue weighted by molar-refractivity contribution is -0.160. The van der Waals surface area contributed by atoms with Gasteiger partial charge in [0.2, 0.25) is 0 Å². The Morgan fingerprint density at radius 1 is 1.69 bits per heavy atom. The summed E-state index contributed by atoms with van der Waals surface area (Å²) in [6, 6.07) is -0.652. The van der Waals surface area contributed by atoms with E-state index < -0.39 is 24.9 Å². The van der Waals surface area contributed by atoms with E-state index in [2.05, 4.69) is 10.7 Å². The van der Waals surface area contributed by atoms with Crippen LogP contribution in [-0.4, -0.2) is 24.9 Å². The number of terminal acetylenes is 1. The Balaban J connectivity index is 3.72. The molecule has 0 aliphatic carbocycles. The number of alkyl halides is 3. The molecule has 0 aromatic carbocycles. The average Bonchev–Trinajstić information content (AvgIpc) is 1.99. The van der Waals surface area contributed by atoms with Gasteiger partial charge in [-0.2, -0.15) is 13.2 Å². The van der Waals surface area contributed by atoms with Crippen molar-refractivity contribution in [2.24, 2.45) is 0 Å². The summed E-state index contributed by atoms with van der Waals surface area (Å²) in [6.07, 6.45) is -0.835. The van der Waals surface area contributed by atoms with Gasteiger partial charge in [0.05, 0.1) is 6.04 Å². The molecule has 0 bridgehead atoms. The smallest absolute Gasteiger partial charge is 0.422 e. The first-order valence-corrected chi connectivity index (χ1v) is 3.31. The van der Waals surface area contributed by atoms with Crippen molar-refractivity contribution in [3.8, 4) is 12.3 Å². The van der Waals surface area contributed by atoms with Gasteiger partial charge in [-0.05, 0) is 6.92 Å². The SMILES string of the molecule is C#CC(C)NC(=O)OCC(F)(F)F. The minimum absolute atomic E-state index is 0.652. The van der Waals surface area contributed by atoms with Crippen LogP contribution in [-0.2, 0) is 4.74 Å². The first kappa shape index (κ1) is 11.6. The molecule has 13 heavy (non-hydrogen) atoms. The van der Waals surface area contributed by atoms with E-state index in [1.54, 1.807) is 0 Å². The molecule has 1 atom stereocenters. The Morgan fingerprint density at radius 3 is 2.62 bits per heavy atom. The van der Waals surface area contributed by atoms with Crippen LogP contribution in [0.15, 0.2) is 0 Å². The standard InChI is InChI=1S/C7H8F3NO2/c1-3-5(2)11-6(12)13-4-7(8,9)10/h1,5H,4H2,2H3,(H,11,12). The van der Waals surface area contributed by atoms with Crippen LogP contribution in [0.4, 0.5) is 18.0 Å². The molecule has 1 amide bonds. The van der Waals surface area contributed by atoms with E-state index >= 15 is 0 Å². The number of alkyl carbamates (subject to hydrolysis) is 1. The molecule has 74 valence electrons. The lowest BCUT2D eigenvalue weighted by atomic mass is 10.4. The minimum Gasteiger partial charge on any atom is -0.440 e. The highest BCUT2D eigenvalue weighted by Gasteiger charge is 2.29. The summed E-state index contributed by atoms with van der Waals surface area (Å²) in [5, 5.41) is 2.00. The van der Waals surface area contributed by atoms with Gasteiger partial charge >= 0.3 is 12.3 Å². The molecule has 1 N–H and O–H groups in total. The molecule has 6 heteroatoms. The molecule has 3 nitrogen and oxygen atoms in total. The summed E-state index contributed by atoms with van der Waals surface area (Å²) in [7, 11) is 0. The second-order valence-corrected chi connectivity index (χ2v) is 2.22. The van der Waals surface area contributed by atoms with Crippen molar-refractivity contribution >= 4 is 6.09 Å². The van der Waals surface area contributed by atoms with Gasteiger partial charge in [0.1, 0.15) is 0 Å². The maximum absolute atomic E-state index is 11.5. The Kier molecular flexibility index (Phi) is 4.11. The molecular formula is C7H8F3NO2. The van der Waals surface area contributed by atoms with Crippen molar-refractivity contribution in [1.29, 1.82) is 0 Å². The molecule has 0 aromatic rings. The molecule has 0 saturated heterocycles. The van der Waals surface area contributed by atoms with E-state index in [4.69, 9.17) is 6.42 Å². The van der Waals surface area contributed by atoms with Crippen LogP contribution in [0, 0.1) is 12.3 Å². The van der Waals surface area contributed by atoms with Crippen molar-refractivity contribution in [2.75, 3.05) is 6.61 Å². The zero-order chi connectivity index (χ0) is 10.5. The van der Waals surface area contributed by atoms with Crippen molar-refractivity contribution in [3.05, 3.63) is 0 Å². The summed E-state index contributed by atoms with van der Waals surface area (Å²) in [5.74, 6) is 2.10. The van der Waals surface area contributed by atoms with Crippen molar-refractivity contribution in [2.45, 2.75) is 19.1 Å². The molecule has 0 heterocycles. The number of halogens is 3. The largest absolute Gasteiger partial charge is 0.440 e. The Hall–Kier alpha value is -1.38. The van der Waals surface area contributed by atoms with Gasteiger partial charge in [0.25, 0.3) is 0 Å². The van der Waals surface area contributed by atoms with Gasteiger partial charge in [0.15, 0.2) is 6.61 Å². The van der Waals surface area contributed by atoms with Crippen LogP contribution >= 0.6 is 0 Å². The van der Waals surface area contributed by atoms with E-state index in [-0.39, 0.29) is 0 Å². The Bertz CT molecular complexity index is 219. The third-order valence-corrected chi connectivity index (χ3v) is 0.951. The number of carbonyl (C=O) groups is 1. The third kappa shape index (κ3) is 7.00. The highest BCUT2D eigenvalue weighted by molar-refractivity contribution is 5.68. The van der Waals surface area contributed by atoms with Crippen molar-refractivity contribution < 1.29 is 22.7 Å². The van der Waals surface area contributed by atoms with Crippen LogP contribution in [0.25, 0.3) is 0 Å². The summed E-state index contributed by atoms with van der Waals surface area (Å²) in [5.41, 5.74) is 0. The predicted molar refractivity (Wildman–Crippen MR) is 38.8 cm³/mol. The lowest BCUT2D eigenvalue weighted by Crippen LogP contribution is -2.34. The van der Waals surface area contributed by atoms with E-state index in [0.29, 0.717) is 0 Å². The van der Waals surface area contributed by atoms with Crippen molar-refractivity contribution in [3.63, 3.8) is 0 Å². The van der Waals surface area contributed by atoms with Gasteiger partial charge in [-0.3, -0.25) is 0 Å². The topological polar surface area (TPSA) is 38.3 Å². The van der Waals surface area contributed by atoms with Gasteiger partial charge in [-0.25, -0.2) is 4.79 Å². The summed E-state index contributed by atoms with van der Waals surface area (Å²) >= 11 is 0. The van der Waals surface area contributed by atoms with E-state index in [0.717, 1.165) is 0 Å². The molecule has 0 aliphatic heterocycles. The predicted octanol–water partition coefficient (Wildman–Crippen LogP) is 1.30. The quantitative estimate of drug-likeness (QED) is 0.674. The number of ether oxygens (including phenoxy) is 1. The average molecular weight is 195 g/mol. The lowest BCUT2D eigenvalue weighted by Gasteiger charge is -2.10. The molecule has 1 unspecified atom stereocenters. The van der Waals surface area contributed by atoms with E-state index in [1.165, 1.54) is 6.92 Å². The molecule has 0 aliphatic rings. The molecule has 0 rings (SSSR count). The number of amides is 1. The monoisotopic (exact) mass is 195 g/mol. The van der Waals surface area contributed by atoms with Crippen LogP contribution in [0.2, 0.25) is 0 Å². The zero-order valence-corrected chi connectivity index (χ0v) is 6.81. The Morgan fingerprint density at radius 2 is 2.23 bits per heavy atom. The maximum atomic E-state index is 11.5. The molecule has 0 saturated carbocycles. The number of nitrogens with one attached hydrogen (secondary N) is 1. The second-order valence-electron chi connectivity index (χ2n) is 2.22. The normalized spacial score (nSPS) is 12.8. The van der Waals surface area contributed by atoms with Crippen LogP contribution < -0.4 is 5.32 Å². The van der Waals surface area contributed by atoms with Crippen LogP contribution in [0.1, 0.15) is 6.92 Å². The Labute approximate surface area is 73.2 Å².